The van der Waals surface area contributed by atoms with Crippen molar-refractivity contribution in [1.82, 2.24) is 0 Å². The topological polar surface area (TPSA) is 17.1 Å². The van der Waals surface area contributed by atoms with Crippen molar-refractivity contribution in [2.24, 2.45) is 0 Å². The molecule has 0 aliphatic rings. The Labute approximate surface area is 119 Å². The maximum Gasteiger partial charge on any atom is 0.163 e. The molecule has 0 atom stereocenters. The first-order chi connectivity index (χ1) is 9.06. The molecule has 0 spiro atoms. The first-order valence-electron chi connectivity index (χ1n) is 6.41. The fraction of sp³-hybridized carbons (Fsp3) is 0.235. The molecular weight excluding hydrogens is 256 g/mol. The van der Waals surface area contributed by atoms with Gasteiger partial charge in [0, 0.05) is 17.0 Å². The average Bonchev–Trinajstić information content (AvgIpc) is 2.38. The van der Waals surface area contributed by atoms with Crippen LogP contribution in [0.2, 0.25) is 5.02 Å². The van der Waals surface area contributed by atoms with Crippen molar-refractivity contribution in [3.63, 3.8) is 0 Å². The monoisotopic (exact) mass is 272 g/mol. The van der Waals surface area contributed by atoms with E-state index in [0.717, 1.165) is 12.0 Å². The lowest BCUT2D eigenvalue weighted by molar-refractivity contribution is 0.0983. The van der Waals surface area contributed by atoms with Gasteiger partial charge in [-0.3, -0.25) is 4.79 Å². The largest absolute Gasteiger partial charge is 0.294 e. The van der Waals surface area contributed by atoms with Gasteiger partial charge in [0.15, 0.2) is 5.78 Å². The van der Waals surface area contributed by atoms with Crippen LogP contribution in [0.25, 0.3) is 0 Å². The number of Topliss-reactive ketones (excluding diaryl/α,β-unsaturated/α-hetero) is 1. The highest BCUT2D eigenvalue weighted by molar-refractivity contribution is 6.30. The fourth-order valence-corrected chi connectivity index (χ4v) is 2.28. The Hall–Kier alpha value is -1.60. The van der Waals surface area contributed by atoms with Crippen LogP contribution in [-0.2, 0) is 6.42 Å². The Balaban J connectivity index is 2.02. The summed E-state index contributed by atoms with van der Waals surface area (Å²) in [5, 5.41) is 0.658. The molecule has 1 nitrogen and oxygen atoms in total. The number of aryl methyl sites for hydroxylation is 3. The molecule has 0 amide bonds. The average molecular weight is 273 g/mol. The van der Waals surface area contributed by atoms with Crippen LogP contribution in [0.5, 0.6) is 0 Å². The Morgan fingerprint density at radius 1 is 1.05 bits per heavy atom. The van der Waals surface area contributed by atoms with Crippen LogP contribution >= 0.6 is 11.6 Å². The third-order valence-corrected chi connectivity index (χ3v) is 3.54. The molecule has 19 heavy (non-hydrogen) atoms. The quantitative estimate of drug-likeness (QED) is 0.733. The van der Waals surface area contributed by atoms with E-state index in [2.05, 4.69) is 32.0 Å². The predicted octanol–water partition coefficient (Wildman–Crippen LogP) is 4.77. The summed E-state index contributed by atoms with van der Waals surface area (Å²) < 4.78 is 0. The molecule has 0 aliphatic carbocycles. The Bertz CT molecular complexity index is 585. The fourth-order valence-electron chi connectivity index (χ4n) is 2.15. The number of rotatable bonds is 4. The second-order valence-electron chi connectivity index (χ2n) is 4.86. The van der Waals surface area contributed by atoms with Crippen LogP contribution < -0.4 is 0 Å². The highest BCUT2D eigenvalue weighted by Gasteiger charge is 2.07. The minimum Gasteiger partial charge on any atom is -0.294 e. The molecule has 0 bridgehead atoms. The first kappa shape index (κ1) is 13.8. The normalized spacial score (nSPS) is 10.5. The van der Waals surface area contributed by atoms with Gasteiger partial charge in [-0.05, 0) is 55.7 Å². The van der Waals surface area contributed by atoms with Gasteiger partial charge >= 0.3 is 0 Å². The molecule has 2 rings (SSSR count). The molecule has 0 aliphatic heterocycles. The molecule has 0 saturated heterocycles. The molecular formula is C17H17ClO. The molecule has 2 heteroatoms. The summed E-state index contributed by atoms with van der Waals surface area (Å²) in [6.07, 6.45) is 1.32. The van der Waals surface area contributed by atoms with E-state index in [1.165, 1.54) is 16.7 Å². The molecule has 2 aromatic rings. The highest BCUT2D eigenvalue weighted by atomic mass is 35.5. The van der Waals surface area contributed by atoms with Crippen molar-refractivity contribution in [1.29, 1.82) is 0 Å². The standard InChI is InChI=1S/C17H17ClO/c1-12-3-4-14(13(2)11-12)7-10-17(19)15-5-8-16(18)9-6-15/h3-6,8-9,11H,7,10H2,1-2H3. The molecule has 0 N–H and O–H groups in total. The SMILES string of the molecule is Cc1ccc(CCC(=O)c2ccc(Cl)cc2)c(C)c1. The zero-order valence-corrected chi connectivity index (χ0v) is 12.0. The summed E-state index contributed by atoms with van der Waals surface area (Å²) >= 11 is 5.81. The first-order valence-corrected chi connectivity index (χ1v) is 6.79. The van der Waals surface area contributed by atoms with E-state index < -0.39 is 0 Å². The van der Waals surface area contributed by atoms with E-state index in [4.69, 9.17) is 11.6 Å². The van der Waals surface area contributed by atoms with Crippen molar-refractivity contribution < 1.29 is 4.79 Å². The number of ketones is 1. The van der Waals surface area contributed by atoms with Crippen LogP contribution in [0.15, 0.2) is 42.5 Å². The number of benzene rings is 2. The smallest absolute Gasteiger partial charge is 0.163 e. The van der Waals surface area contributed by atoms with Gasteiger partial charge in [-0.25, -0.2) is 0 Å². The summed E-state index contributed by atoms with van der Waals surface area (Å²) in [5.41, 5.74) is 4.48. The van der Waals surface area contributed by atoms with Gasteiger partial charge in [0.2, 0.25) is 0 Å². The molecule has 2 aromatic carbocycles. The molecule has 0 saturated carbocycles. The predicted molar refractivity (Wildman–Crippen MR) is 80.0 cm³/mol. The molecule has 0 heterocycles. The lowest BCUT2D eigenvalue weighted by Crippen LogP contribution is -2.02. The molecule has 0 radical (unpaired) electrons. The van der Waals surface area contributed by atoms with Crippen molar-refractivity contribution in [3.8, 4) is 0 Å². The zero-order chi connectivity index (χ0) is 13.8. The Kier molecular flexibility index (Phi) is 4.39. The molecule has 0 unspecified atom stereocenters. The summed E-state index contributed by atoms with van der Waals surface area (Å²) in [6.45, 7) is 4.17. The summed E-state index contributed by atoms with van der Waals surface area (Å²) in [4.78, 5) is 12.1. The third kappa shape index (κ3) is 3.68. The van der Waals surface area contributed by atoms with Gasteiger partial charge in [-0.1, -0.05) is 35.4 Å². The van der Waals surface area contributed by atoms with Crippen LogP contribution in [0.4, 0.5) is 0 Å². The molecule has 0 fully saturated rings. The van der Waals surface area contributed by atoms with Crippen molar-refractivity contribution >= 4 is 17.4 Å². The molecule has 98 valence electrons. The minimum atomic E-state index is 0.164. The Morgan fingerprint density at radius 2 is 1.74 bits per heavy atom. The van der Waals surface area contributed by atoms with Gasteiger partial charge in [0.25, 0.3) is 0 Å². The van der Waals surface area contributed by atoms with E-state index in [-0.39, 0.29) is 5.78 Å². The maximum absolute atomic E-state index is 12.1. The number of hydrogen-bond acceptors (Lipinski definition) is 1. The van der Waals surface area contributed by atoms with E-state index in [9.17, 15) is 4.79 Å². The number of carbonyl (C=O) groups excluding carboxylic acids is 1. The van der Waals surface area contributed by atoms with E-state index in [1.807, 2.05) is 0 Å². The summed E-state index contributed by atoms with van der Waals surface area (Å²) in [6, 6.07) is 13.4. The number of halogens is 1. The summed E-state index contributed by atoms with van der Waals surface area (Å²) in [7, 11) is 0. The zero-order valence-electron chi connectivity index (χ0n) is 11.2. The number of hydrogen-bond donors (Lipinski definition) is 0. The maximum atomic E-state index is 12.1. The van der Waals surface area contributed by atoms with Gasteiger partial charge in [0.1, 0.15) is 0 Å². The summed E-state index contributed by atoms with van der Waals surface area (Å²) in [5.74, 6) is 0.164. The van der Waals surface area contributed by atoms with Gasteiger partial charge in [-0.2, -0.15) is 0 Å². The van der Waals surface area contributed by atoms with Crippen molar-refractivity contribution in [2.45, 2.75) is 26.7 Å². The van der Waals surface area contributed by atoms with E-state index >= 15 is 0 Å². The van der Waals surface area contributed by atoms with Crippen molar-refractivity contribution in [2.75, 3.05) is 0 Å². The van der Waals surface area contributed by atoms with E-state index in [1.54, 1.807) is 24.3 Å². The van der Waals surface area contributed by atoms with Crippen LogP contribution in [-0.4, -0.2) is 5.78 Å². The van der Waals surface area contributed by atoms with Gasteiger partial charge in [-0.15, -0.1) is 0 Å². The van der Waals surface area contributed by atoms with Crippen LogP contribution in [0.3, 0.4) is 0 Å². The second-order valence-corrected chi connectivity index (χ2v) is 5.30. The lowest BCUT2D eigenvalue weighted by Gasteiger charge is -2.06. The minimum absolute atomic E-state index is 0.164. The van der Waals surface area contributed by atoms with Gasteiger partial charge < -0.3 is 0 Å². The molecule has 0 aromatic heterocycles. The Morgan fingerprint density at radius 3 is 2.37 bits per heavy atom. The third-order valence-electron chi connectivity index (χ3n) is 3.29. The van der Waals surface area contributed by atoms with Crippen LogP contribution in [0.1, 0.15) is 33.5 Å². The van der Waals surface area contributed by atoms with E-state index in [0.29, 0.717) is 11.4 Å². The highest BCUT2D eigenvalue weighted by Crippen LogP contribution is 2.15. The number of carbonyl (C=O) groups is 1. The van der Waals surface area contributed by atoms with Crippen LogP contribution in [0, 0.1) is 13.8 Å². The lowest BCUT2D eigenvalue weighted by atomic mass is 9.98. The van der Waals surface area contributed by atoms with Crippen molar-refractivity contribution in [3.05, 3.63) is 69.7 Å². The second kappa shape index (κ2) is 6.03. The van der Waals surface area contributed by atoms with Gasteiger partial charge in [0.05, 0.1) is 0 Å².